The Bertz CT molecular complexity index is 638. The smallest absolute Gasteiger partial charge is 0.237 e. The standard InChI is InChI=1S/C20H30FN3O2/c1-15(2)9-10-22-18(25)20(3,4)19(26)24-13-11-23(12-14-24)17-8-6-5-7-16(17)21/h5-8,15H,9-14H2,1-4H3,(H,22,25). The molecule has 0 radical (unpaired) electrons. The van der Waals surface area contributed by atoms with Gasteiger partial charge in [-0.15, -0.1) is 0 Å². The van der Waals surface area contributed by atoms with Gasteiger partial charge in [0.05, 0.1) is 5.69 Å². The molecule has 1 N–H and O–H groups in total. The summed E-state index contributed by atoms with van der Waals surface area (Å²) in [6.07, 6.45) is 0.886. The maximum atomic E-state index is 13.9. The van der Waals surface area contributed by atoms with Crippen molar-refractivity contribution in [2.24, 2.45) is 11.3 Å². The van der Waals surface area contributed by atoms with Gasteiger partial charge in [-0.3, -0.25) is 9.59 Å². The quantitative estimate of drug-likeness (QED) is 0.791. The van der Waals surface area contributed by atoms with E-state index in [0.717, 1.165) is 6.42 Å². The van der Waals surface area contributed by atoms with Crippen LogP contribution in [-0.4, -0.2) is 49.4 Å². The minimum atomic E-state index is -1.10. The predicted molar refractivity (Wildman–Crippen MR) is 101 cm³/mol. The lowest BCUT2D eigenvalue weighted by molar-refractivity contribution is -0.148. The lowest BCUT2D eigenvalue weighted by Gasteiger charge is -2.39. The minimum Gasteiger partial charge on any atom is -0.366 e. The highest BCUT2D eigenvalue weighted by Crippen LogP contribution is 2.24. The number of benzene rings is 1. The predicted octanol–water partition coefficient (Wildman–Crippen LogP) is 2.66. The Kier molecular flexibility index (Phi) is 6.62. The second kappa shape index (κ2) is 8.52. The third kappa shape index (κ3) is 4.74. The van der Waals surface area contributed by atoms with Gasteiger partial charge in [0.15, 0.2) is 0 Å². The van der Waals surface area contributed by atoms with Gasteiger partial charge in [-0.25, -0.2) is 4.39 Å². The van der Waals surface area contributed by atoms with E-state index in [2.05, 4.69) is 19.2 Å². The second-order valence-electron chi connectivity index (χ2n) is 7.79. The Morgan fingerprint density at radius 2 is 1.77 bits per heavy atom. The monoisotopic (exact) mass is 363 g/mol. The minimum absolute atomic E-state index is 0.173. The average molecular weight is 363 g/mol. The van der Waals surface area contributed by atoms with E-state index in [1.54, 1.807) is 36.9 Å². The van der Waals surface area contributed by atoms with Gasteiger partial charge in [-0.1, -0.05) is 26.0 Å². The zero-order chi connectivity index (χ0) is 19.3. The van der Waals surface area contributed by atoms with Crippen LogP contribution in [0.4, 0.5) is 10.1 Å². The Hall–Kier alpha value is -2.11. The van der Waals surface area contributed by atoms with Crippen molar-refractivity contribution in [1.82, 2.24) is 10.2 Å². The summed E-state index contributed by atoms with van der Waals surface area (Å²) in [5.74, 6) is -0.162. The first kappa shape index (κ1) is 20.2. The molecule has 2 amide bonds. The van der Waals surface area contributed by atoms with E-state index < -0.39 is 5.41 Å². The summed E-state index contributed by atoms with van der Waals surface area (Å²) in [5.41, 5.74) is -0.540. The van der Waals surface area contributed by atoms with Crippen LogP contribution in [0.2, 0.25) is 0 Å². The zero-order valence-corrected chi connectivity index (χ0v) is 16.2. The second-order valence-corrected chi connectivity index (χ2v) is 7.79. The molecule has 6 heteroatoms. The number of amides is 2. The van der Waals surface area contributed by atoms with Crippen molar-refractivity contribution in [3.63, 3.8) is 0 Å². The number of nitrogens with one attached hydrogen (secondary N) is 1. The van der Waals surface area contributed by atoms with Gasteiger partial charge in [0.1, 0.15) is 11.2 Å². The van der Waals surface area contributed by atoms with Gasteiger partial charge < -0.3 is 15.1 Å². The molecule has 0 saturated carbocycles. The van der Waals surface area contributed by atoms with Crippen LogP contribution in [0, 0.1) is 17.2 Å². The highest BCUT2D eigenvalue weighted by atomic mass is 19.1. The number of para-hydroxylation sites is 1. The molecule has 1 heterocycles. The van der Waals surface area contributed by atoms with Crippen molar-refractivity contribution in [1.29, 1.82) is 0 Å². The summed E-state index contributed by atoms with van der Waals surface area (Å²) in [6, 6.07) is 6.66. The van der Waals surface area contributed by atoms with Crippen LogP contribution >= 0.6 is 0 Å². The fourth-order valence-corrected chi connectivity index (χ4v) is 3.05. The number of hydrogen-bond acceptors (Lipinski definition) is 3. The van der Waals surface area contributed by atoms with Crippen LogP contribution in [-0.2, 0) is 9.59 Å². The fraction of sp³-hybridized carbons (Fsp3) is 0.600. The molecule has 5 nitrogen and oxygen atoms in total. The molecular formula is C20H30FN3O2. The Balaban J connectivity index is 1.92. The van der Waals surface area contributed by atoms with Crippen molar-refractivity contribution in [3.8, 4) is 0 Å². The highest BCUT2D eigenvalue weighted by Gasteiger charge is 2.39. The molecule has 144 valence electrons. The molecule has 1 aromatic rings. The molecule has 0 spiro atoms. The molecule has 0 unspecified atom stereocenters. The van der Waals surface area contributed by atoms with E-state index in [1.165, 1.54) is 6.07 Å². The van der Waals surface area contributed by atoms with Crippen molar-refractivity contribution < 1.29 is 14.0 Å². The molecule has 2 rings (SSSR count). The van der Waals surface area contributed by atoms with E-state index in [1.807, 2.05) is 4.90 Å². The molecule has 1 saturated heterocycles. The van der Waals surface area contributed by atoms with E-state index >= 15 is 0 Å². The SMILES string of the molecule is CC(C)CCNC(=O)C(C)(C)C(=O)N1CCN(c2ccccc2F)CC1. The van der Waals surface area contributed by atoms with Crippen LogP contribution in [0.15, 0.2) is 24.3 Å². The molecule has 26 heavy (non-hydrogen) atoms. The number of rotatable bonds is 6. The largest absolute Gasteiger partial charge is 0.366 e. The van der Waals surface area contributed by atoms with Gasteiger partial charge >= 0.3 is 0 Å². The molecule has 0 atom stereocenters. The maximum absolute atomic E-state index is 13.9. The third-order valence-electron chi connectivity index (χ3n) is 4.87. The van der Waals surface area contributed by atoms with Gasteiger partial charge in [-0.2, -0.15) is 0 Å². The molecule has 0 aromatic heterocycles. The number of halogens is 1. The van der Waals surface area contributed by atoms with Crippen LogP contribution in [0.25, 0.3) is 0 Å². The van der Waals surface area contributed by atoms with Crippen molar-refractivity contribution in [2.45, 2.75) is 34.1 Å². The summed E-state index contributed by atoms with van der Waals surface area (Å²) >= 11 is 0. The summed E-state index contributed by atoms with van der Waals surface area (Å²) < 4.78 is 13.9. The molecule has 1 fully saturated rings. The van der Waals surface area contributed by atoms with Crippen molar-refractivity contribution >= 4 is 17.5 Å². The van der Waals surface area contributed by atoms with Crippen LogP contribution in [0.3, 0.4) is 0 Å². The lowest BCUT2D eigenvalue weighted by Crippen LogP contribution is -2.55. The molecule has 1 aliphatic heterocycles. The first-order chi connectivity index (χ1) is 12.2. The first-order valence-electron chi connectivity index (χ1n) is 9.30. The summed E-state index contributed by atoms with van der Waals surface area (Å²) in [4.78, 5) is 28.9. The number of piperazine rings is 1. The van der Waals surface area contributed by atoms with E-state index in [-0.39, 0.29) is 17.6 Å². The van der Waals surface area contributed by atoms with Gasteiger partial charge in [-0.05, 0) is 38.3 Å². The Morgan fingerprint density at radius 3 is 2.35 bits per heavy atom. The number of nitrogens with zero attached hydrogens (tertiary/aromatic N) is 2. The molecule has 1 aromatic carbocycles. The van der Waals surface area contributed by atoms with Gasteiger partial charge in [0.2, 0.25) is 11.8 Å². The summed E-state index contributed by atoms with van der Waals surface area (Å²) in [5, 5.41) is 2.87. The molecule has 0 bridgehead atoms. The average Bonchev–Trinajstić information content (AvgIpc) is 2.61. The number of carbonyl (C=O) groups is 2. The normalized spacial score (nSPS) is 15.3. The maximum Gasteiger partial charge on any atom is 0.237 e. The zero-order valence-electron chi connectivity index (χ0n) is 16.2. The van der Waals surface area contributed by atoms with Crippen LogP contribution < -0.4 is 10.2 Å². The van der Waals surface area contributed by atoms with Crippen molar-refractivity contribution in [3.05, 3.63) is 30.1 Å². The Labute approximate surface area is 155 Å². The third-order valence-corrected chi connectivity index (χ3v) is 4.87. The topological polar surface area (TPSA) is 52.7 Å². The number of anilines is 1. The van der Waals surface area contributed by atoms with E-state index in [9.17, 15) is 14.0 Å². The van der Waals surface area contributed by atoms with Crippen LogP contribution in [0.1, 0.15) is 34.1 Å². The first-order valence-corrected chi connectivity index (χ1v) is 9.30. The molecular weight excluding hydrogens is 333 g/mol. The molecule has 0 aliphatic carbocycles. The number of carbonyl (C=O) groups excluding carboxylic acids is 2. The highest BCUT2D eigenvalue weighted by molar-refractivity contribution is 6.04. The Morgan fingerprint density at radius 1 is 1.15 bits per heavy atom. The van der Waals surface area contributed by atoms with E-state index in [0.29, 0.717) is 44.3 Å². The van der Waals surface area contributed by atoms with E-state index in [4.69, 9.17) is 0 Å². The van der Waals surface area contributed by atoms with Gasteiger partial charge in [0.25, 0.3) is 0 Å². The summed E-state index contributed by atoms with van der Waals surface area (Å²) in [6.45, 7) is 10.2. The summed E-state index contributed by atoms with van der Waals surface area (Å²) in [7, 11) is 0. The van der Waals surface area contributed by atoms with Gasteiger partial charge in [0, 0.05) is 32.7 Å². The molecule has 1 aliphatic rings. The fourth-order valence-electron chi connectivity index (χ4n) is 3.05. The van der Waals surface area contributed by atoms with Crippen LogP contribution in [0.5, 0.6) is 0 Å². The number of hydrogen-bond donors (Lipinski definition) is 1. The van der Waals surface area contributed by atoms with Crippen molar-refractivity contribution in [2.75, 3.05) is 37.6 Å². The lowest BCUT2D eigenvalue weighted by atomic mass is 9.89.